The van der Waals surface area contributed by atoms with Crippen molar-refractivity contribution in [1.82, 2.24) is 14.3 Å². The van der Waals surface area contributed by atoms with Gasteiger partial charge >= 0.3 is 0 Å². The second kappa shape index (κ2) is 7.06. The molecule has 1 aliphatic heterocycles. The van der Waals surface area contributed by atoms with E-state index in [0.29, 0.717) is 32.5 Å². The zero-order valence-corrected chi connectivity index (χ0v) is 11.9. The third kappa shape index (κ3) is 4.55. The van der Waals surface area contributed by atoms with Gasteiger partial charge in [-0.05, 0) is 19.3 Å². The summed E-state index contributed by atoms with van der Waals surface area (Å²) in [6.45, 7) is 5.35. The van der Waals surface area contributed by atoms with E-state index >= 15 is 0 Å². The number of rotatable bonds is 7. The van der Waals surface area contributed by atoms with Crippen LogP contribution in [0.5, 0.6) is 0 Å². The molecular weight excluding hydrogens is 254 g/mol. The zero-order valence-electron chi connectivity index (χ0n) is 11.1. The van der Waals surface area contributed by atoms with Crippen LogP contribution in [0.1, 0.15) is 39.5 Å². The Kier molecular flexibility index (Phi) is 6.04. The van der Waals surface area contributed by atoms with E-state index in [1.807, 2.05) is 13.8 Å². The minimum atomic E-state index is -3.43. The third-order valence-electron chi connectivity index (χ3n) is 2.87. The summed E-state index contributed by atoms with van der Waals surface area (Å²) in [6, 6.07) is -0.191. The lowest BCUT2D eigenvalue weighted by atomic mass is 10.1. The lowest BCUT2D eigenvalue weighted by molar-refractivity contribution is -0.122. The monoisotopic (exact) mass is 277 g/mol. The molecule has 0 aromatic rings. The molecule has 1 atom stereocenters. The van der Waals surface area contributed by atoms with E-state index in [4.69, 9.17) is 0 Å². The maximum atomic E-state index is 12.2. The summed E-state index contributed by atoms with van der Waals surface area (Å²) in [5.41, 5.74) is 0. The van der Waals surface area contributed by atoms with Gasteiger partial charge in [0.05, 0.1) is 0 Å². The molecule has 1 fully saturated rings. The van der Waals surface area contributed by atoms with Crippen LogP contribution in [0.2, 0.25) is 0 Å². The molecule has 6 nitrogen and oxygen atoms in total. The normalized spacial score (nSPS) is 21.1. The van der Waals surface area contributed by atoms with Crippen molar-refractivity contribution in [3.8, 4) is 0 Å². The fourth-order valence-electron chi connectivity index (χ4n) is 1.97. The van der Waals surface area contributed by atoms with Crippen LogP contribution in [0.15, 0.2) is 0 Å². The lowest BCUT2D eigenvalue weighted by Crippen LogP contribution is -2.52. The number of piperidine rings is 1. The number of carbonyl (C=O) groups is 1. The Morgan fingerprint density at radius 2 is 1.94 bits per heavy atom. The summed E-state index contributed by atoms with van der Waals surface area (Å²) in [7, 11) is -3.43. The first-order valence-electron chi connectivity index (χ1n) is 6.53. The van der Waals surface area contributed by atoms with Crippen molar-refractivity contribution in [3.63, 3.8) is 0 Å². The van der Waals surface area contributed by atoms with Crippen molar-refractivity contribution >= 4 is 16.1 Å². The molecule has 7 heteroatoms. The predicted octanol–water partition coefficient (Wildman–Crippen LogP) is 0.221. The summed E-state index contributed by atoms with van der Waals surface area (Å²) in [6.07, 6.45) is 2.54. The second-order valence-corrected chi connectivity index (χ2v) is 6.26. The molecule has 0 saturated carbocycles. The number of nitrogens with zero attached hydrogens (tertiary/aromatic N) is 1. The van der Waals surface area contributed by atoms with E-state index < -0.39 is 10.2 Å². The average Bonchev–Trinajstić information content (AvgIpc) is 2.32. The summed E-state index contributed by atoms with van der Waals surface area (Å²) >= 11 is 0. The first-order valence-corrected chi connectivity index (χ1v) is 7.97. The third-order valence-corrected chi connectivity index (χ3v) is 4.54. The van der Waals surface area contributed by atoms with Gasteiger partial charge in [-0.1, -0.05) is 13.8 Å². The highest BCUT2D eigenvalue weighted by molar-refractivity contribution is 7.87. The number of hydrogen-bond donors (Lipinski definition) is 2. The van der Waals surface area contributed by atoms with Crippen molar-refractivity contribution in [2.45, 2.75) is 45.6 Å². The van der Waals surface area contributed by atoms with Gasteiger partial charge in [-0.25, -0.2) is 0 Å². The molecule has 1 saturated heterocycles. The molecule has 0 aliphatic carbocycles. The Bertz CT molecular complexity index is 354. The molecule has 0 radical (unpaired) electrons. The molecular formula is C11H23N3O3S. The molecule has 0 aromatic carbocycles. The Hall–Kier alpha value is -0.660. The number of hydrogen-bond acceptors (Lipinski definition) is 3. The number of nitrogens with one attached hydrogen (secondary N) is 2. The highest BCUT2D eigenvalue weighted by Gasteiger charge is 2.26. The first-order chi connectivity index (χ1) is 8.49. The lowest BCUT2D eigenvalue weighted by Gasteiger charge is -2.27. The van der Waals surface area contributed by atoms with Crippen LogP contribution in [-0.4, -0.2) is 44.3 Å². The molecule has 0 aromatic heterocycles. The van der Waals surface area contributed by atoms with Crippen molar-refractivity contribution in [1.29, 1.82) is 0 Å². The zero-order chi connectivity index (χ0) is 13.6. The van der Waals surface area contributed by atoms with Gasteiger partial charge in [0.15, 0.2) is 0 Å². The fourth-order valence-corrected chi connectivity index (χ4v) is 3.59. The largest absolute Gasteiger partial charge is 0.355 e. The Balaban J connectivity index is 2.58. The van der Waals surface area contributed by atoms with Crippen LogP contribution in [0.3, 0.4) is 0 Å². The van der Waals surface area contributed by atoms with Crippen molar-refractivity contribution in [2.24, 2.45) is 0 Å². The van der Waals surface area contributed by atoms with Crippen LogP contribution in [0, 0.1) is 0 Å². The number of carbonyl (C=O) groups excluding carboxylic acids is 1. The fraction of sp³-hybridized carbons (Fsp3) is 0.909. The molecule has 106 valence electrons. The van der Waals surface area contributed by atoms with E-state index in [0.717, 1.165) is 12.8 Å². The molecule has 18 heavy (non-hydrogen) atoms. The first kappa shape index (κ1) is 15.4. The maximum absolute atomic E-state index is 12.2. The van der Waals surface area contributed by atoms with Gasteiger partial charge in [0, 0.05) is 32.1 Å². The van der Waals surface area contributed by atoms with Gasteiger partial charge in [-0.2, -0.15) is 17.4 Å². The van der Waals surface area contributed by atoms with E-state index in [9.17, 15) is 13.2 Å². The average molecular weight is 277 g/mol. The van der Waals surface area contributed by atoms with Gasteiger partial charge in [0.1, 0.15) is 0 Å². The van der Waals surface area contributed by atoms with Gasteiger partial charge in [0.2, 0.25) is 5.91 Å². The molecule has 1 rings (SSSR count). The van der Waals surface area contributed by atoms with Crippen LogP contribution in [0.25, 0.3) is 0 Å². The van der Waals surface area contributed by atoms with Gasteiger partial charge in [0.25, 0.3) is 10.2 Å². The summed E-state index contributed by atoms with van der Waals surface area (Å²) in [4.78, 5) is 11.0. The van der Waals surface area contributed by atoms with E-state index in [2.05, 4.69) is 10.0 Å². The predicted molar refractivity (Wildman–Crippen MR) is 70.2 cm³/mol. The van der Waals surface area contributed by atoms with Gasteiger partial charge < -0.3 is 5.32 Å². The van der Waals surface area contributed by atoms with Crippen molar-refractivity contribution in [2.75, 3.05) is 19.6 Å². The van der Waals surface area contributed by atoms with E-state index in [1.165, 1.54) is 4.31 Å². The topological polar surface area (TPSA) is 78.5 Å². The molecule has 1 heterocycles. The summed E-state index contributed by atoms with van der Waals surface area (Å²) in [5.74, 6) is -0.00980. The molecule has 1 amide bonds. The molecule has 1 aliphatic rings. The maximum Gasteiger partial charge on any atom is 0.279 e. The molecule has 0 bridgehead atoms. The molecule has 1 unspecified atom stereocenters. The molecule has 2 N–H and O–H groups in total. The van der Waals surface area contributed by atoms with E-state index in [-0.39, 0.29) is 11.9 Å². The molecule has 0 spiro atoms. The second-order valence-electron chi connectivity index (χ2n) is 4.56. The SMILES string of the molecule is CCCN(CCC)S(=O)(=O)NC1CCC(=O)NC1. The smallest absolute Gasteiger partial charge is 0.279 e. The van der Waals surface area contributed by atoms with E-state index in [1.54, 1.807) is 0 Å². The Morgan fingerprint density at radius 3 is 2.39 bits per heavy atom. The van der Waals surface area contributed by atoms with Crippen LogP contribution in [-0.2, 0) is 15.0 Å². The summed E-state index contributed by atoms with van der Waals surface area (Å²) < 4.78 is 28.5. The van der Waals surface area contributed by atoms with Gasteiger partial charge in [-0.15, -0.1) is 0 Å². The van der Waals surface area contributed by atoms with Crippen molar-refractivity contribution in [3.05, 3.63) is 0 Å². The van der Waals surface area contributed by atoms with Crippen LogP contribution < -0.4 is 10.0 Å². The minimum Gasteiger partial charge on any atom is -0.355 e. The Morgan fingerprint density at radius 1 is 1.33 bits per heavy atom. The summed E-state index contributed by atoms with van der Waals surface area (Å²) in [5, 5.41) is 2.67. The van der Waals surface area contributed by atoms with Crippen LogP contribution in [0.4, 0.5) is 0 Å². The quantitative estimate of drug-likeness (QED) is 0.699. The highest BCUT2D eigenvalue weighted by Crippen LogP contribution is 2.08. The van der Waals surface area contributed by atoms with Crippen molar-refractivity contribution < 1.29 is 13.2 Å². The highest BCUT2D eigenvalue weighted by atomic mass is 32.2. The van der Waals surface area contributed by atoms with Gasteiger partial charge in [-0.3, -0.25) is 4.79 Å². The Labute approximate surface area is 109 Å². The minimum absolute atomic E-state index is 0.00980. The standard InChI is InChI=1S/C11H23N3O3S/c1-3-7-14(8-4-2)18(16,17)13-10-5-6-11(15)12-9-10/h10,13H,3-9H2,1-2H3,(H,12,15). The van der Waals surface area contributed by atoms with Crippen LogP contribution >= 0.6 is 0 Å². The number of amides is 1.